The molecule has 0 bridgehead atoms. The maximum absolute atomic E-state index is 10.2. The van der Waals surface area contributed by atoms with E-state index in [4.69, 9.17) is 4.43 Å². The summed E-state index contributed by atoms with van der Waals surface area (Å²) in [6, 6.07) is 0. The SMILES string of the molecule is C/C=C\[C@H](CO)[C@@H](O)CO[Si](C(C)C)(C(C)C)C(C)C. The van der Waals surface area contributed by atoms with Crippen LogP contribution in [0.2, 0.25) is 16.6 Å². The van der Waals surface area contributed by atoms with Gasteiger partial charge in [0.25, 0.3) is 0 Å². The van der Waals surface area contributed by atoms with E-state index in [1.807, 2.05) is 19.1 Å². The third-order valence-corrected chi connectivity index (χ3v) is 10.4. The summed E-state index contributed by atoms with van der Waals surface area (Å²) in [4.78, 5) is 0. The first-order chi connectivity index (χ1) is 9.23. The summed E-state index contributed by atoms with van der Waals surface area (Å²) in [7, 11) is -1.94. The first kappa shape index (κ1) is 19.8. The van der Waals surface area contributed by atoms with E-state index in [0.29, 0.717) is 23.2 Å². The van der Waals surface area contributed by atoms with E-state index in [9.17, 15) is 10.2 Å². The highest BCUT2D eigenvalue weighted by Gasteiger charge is 2.45. The lowest BCUT2D eigenvalue weighted by Crippen LogP contribution is -2.49. The van der Waals surface area contributed by atoms with Gasteiger partial charge >= 0.3 is 0 Å². The average Bonchev–Trinajstić information content (AvgIpc) is 2.34. The first-order valence-electron chi connectivity index (χ1n) is 7.79. The lowest BCUT2D eigenvalue weighted by atomic mass is 10.0. The Morgan fingerprint density at radius 3 is 1.75 bits per heavy atom. The van der Waals surface area contributed by atoms with Gasteiger partial charge in [-0.3, -0.25) is 0 Å². The zero-order chi connectivity index (χ0) is 15.9. The molecule has 0 spiro atoms. The van der Waals surface area contributed by atoms with Crippen LogP contribution in [0, 0.1) is 5.92 Å². The van der Waals surface area contributed by atoms with Crippen LogP contribution in [0.4, 0.5) is 0 Å². The summed E-state index contributed by atoms with van der Waals surface area (Å²) in [5.41, 5.74) is 1.51. The number of aliphatic hydroxyl groups excluding tert-OH is 2. The number of hydrogen-bond acceptors (Lipinski definition) is 3. The highest BCUT2D eigenvalue weighted by molar-refractivity contribution is 6.77. The Balaban J connectivity index is 4.94. The zero-order valence-electron chi connectivity index (χ0n) is 14.3. The molecular formula is C16H34O3Si. The molecule has 0 aromatic rings. The van der Waals surface area contributed by atoms with Crippen molar-refractivity contribution in [3.05, 3.63) is 12.2 Å². The summed E-state index contributed by atoms with van der Waals surface area (Å²) >= 11 is 0. The van der Waals surface area contributed by atoms with Crippen LogP contribution >= 0.6 is 0 Å². The van der Waals surface area contributed by atoms with Crippen molar-refractivity contribution in [3.8, 4) is 0 Å². The van der Waals surface area contributed by atoms with Crippen molar-refractivity contribution in [2.24, 2.45) is 5.92 Å². The molecule has 0 radical (unpaired) electrons. The molecule has 0 amide bonds. The predicted octanol–water partition coefficient (Wildman–Crippen LogP) is 3.72. The number of allylic oxidation sites excluding steroid dienone is 1. The minimum atomic E-state index is -1.94. The molecule has 2 N–H and O–H groups in total. The zero-order valence-corrected chi connectivity index (χ0v) is 15.3. The van der Waals surface area contributed by atoms with Gasteiger partial charge in [-0.25, -0.2) is 0 Å². The van der Waals surface area contributed by atoms with Crippen LogP contribution in [0.5, 0.6) is 0 Å². The Kier molecular flexibility index (Phi) is 8.90. The molecule has 3 nitrogen and oxygen atoms in total. The van der Waals surface area contributed by atoms with Crippen molar-refractivity contribution >= 4 is 8.32 Å². The lowest BCUT2D eigenvalue weighted by molar-refractivity contribution is 0.0438. The Bertz CT molecular complexity index is 266. The van der Waals surface area contributed by atoms with Gasteiger partial charge in [0.15, 0.2) is 8.32 Å². The van der Waals surface area contributed by atoms with Gasteiger partial charge in [-0.2, -0.15) is 0 Å². The van der Waals surface area contributed by atoms with Crippen molar-refractivity contribution in [1.82, 2.24) is 0 Å². The van der Waals surface area contributed by atoms with E-state index in [2.05, 4.69) is 41.5 Å². The number of rotatable bonds is 9. The standard InChI is InChI=1S/C16H34O3Si/c1-8-9-15(10-17)16(18)11-19-20(12(2)3,13(4)5)14(6)7/h8-9,12-18H,10-11H2,1-7H3/b9-8-/t15-,16+/m1/s1. The van der Waals surface area contributed by atoms with Crippen molar-refractivity contribution in [2.45, 2.75) is 71.2 Å². The second-order valence-electron chi connectivity index (χ2n) is 6.57. The summed E-state index contributed by atoms with van der Waals surface area (Å²) in [5.74, 6) is -0.238. The van der Waals surface area contributed by atoms with Gasteiger partial charge in [-0.05, 0) is 23.5 Å². The smallest absolute Gasteiger partial charge is 0.200 e. The van der Waals surface area contributed by atoms with Crippen LogP contribution in [0.1, 0.15) is 48.5 Å². The maximum atomic E-state index is 10.2. The number of aliphatic hydroxyl groups is 2. The molecule has 0 saturated carbocycles. The van der Waals surface area contributed by atoms with Gasteiger partial charge in [0.2, 0.25) is 0 Å². The van der Waals surface area contributed by atoms with Gasteiger partial charge in [-0.15, -0.1) is 0 Å². The molecule has 0 saturated heterocycles. The van der Waals surface area contributed by atoms with Crippen LogP contribution in [-0.2, 0) is 4.43 Å². The van der Waals surface area contributed by atoms with Crippen LogP contribution in [0.3, 0.4) is 0 Å². The monoisotopic (exact) mass is 302 g/mol. The van der Waals surface area contributed by atoms with Crippen molar-refractivity contribution in [3.63, 3.8) is 0 Å². The number of hydrogen-bond donors (Lipinski definition) is 2. The second kappa shape index (κ2) is 8.98. The third kappa shape index (κ3) is 4.69. The maximum Gasteiger partial charge on any atom is 0.200 e. The summed E-state index contributed by atoms with van der Waals surface area (Å²) in [6.07, 6.45) is 3.07. The molecule has 20 heavy (non-hydrogen) atoms. The average molecular weight is 303 g/mol. The molecule has 0 heterocycles. The van der Waals surface area contributed by atoms with Crippen LogP contribution < -0.4 is 0 Å². The molecule has 0 rings (SSSR count). The van der Waals surface area contributed by atoms with E-state index in [1.165, 1.54) is 0 Å². The molecule has 4 heteroatoms. The molecule has 0 aliphatic rings. The Morgan fingerprint density at radius 2 is 1.45 bits per heavy atom. The predicted molar refractivity (Wildman–Crippen MR) is 88.4 cm³/mol. The summed E-state index contributed by atoms with van der Waals surface area (Å²) in [5, 5.41) is 19.6. The highest BCUT2D eigenvalue weighted by atomic mass is 28.4. The quantitative estimate of drug-likeness (QED) is 0.504. The molecule has 0 aliphatic carbocycles. The fourth-order valence-corrected chi connectivity index (χ4v) is 8.87. The van der Waals surface area contributed by atoms with Crippen LogP contribution in [0.15, 0.2) is 12.2 Å². The van der Waals surface area contributed by atoms with Crippen molar-refractivity contribution < 1.29 is 14.6 Å². The van der Waals surface area contributed by atoms with E-state index in [1.54, 1.807) is 0 Å². The van der Waals surface area contributed by atoms with Crippen molar-refractivity contribution in [1.29, 1.82) is 0 Å². The third-order valence-electron chi connectivity index (χ3n) is 4.36. The second-order valence-corrected chi connectivity index (χ2v) is 12.0. The van der Waals surface area contributed by atoms with Crippen LogP contribution in [-0.4, -0.2) is 37.8 Å². The first-order valence-corrected chi connectivity index (χ1v) is 9.93. The van der Waals surface area contributed by atoms with Crippen molar-refractivity contribution in [2.75, 3.05) is 13.2 Å². The van der Waals surface area contributed by atoms with Gasteiger partial charge < -0.3 is 14.6 Å². The highest BCUT2D eigenvalue weighted by Crippen LogP contribution is 2.42. The summed E-state index contributed by atoms with van der Waals surface area (Å²) in [6.45, 7) is 15.5. The molecular weight excluding hydrogens is 268 g/mol. The van der Waals surface area contributed by atoms with E-state index in [-0.39, 0.29) is 12.5 Å². The van der Waals surface area contributed by atoms with Crippen LogP contribution in [0.25, 0.3) is 0 Å². The molecule has 0 fully saturated rings. The Labute approximate surface area is 126 Å². The Morgan fingerprint density at radius 1 is 1.00 bits per heavy atom. The topological polar surface area (TPSA) is 49.7 Å². The largest absolute Gasteiger partial charge is 0.413 e. The minimum absolute atomic E-state index is 0.0472. The van der Waals surface area contributed by atoms with Gasteiger partial charge in [-0.1, -0.05) is 53.7 Å². The Hall–Kier alpha value is -0.163. The molecule has 0 aliphatic heterocycles. The molecule has 0 aromatic heterocycles. The summed E-state index contributed by atoms with van der Waals surface area (Å²) < 4.78 is 6.35. The fourth-order valence-electron chi connectivity index (χ4n) is 3.41. The van der Waals surface area contributed by atoms with E-state index in [0.717, 1.165) is 0 Å². The molecule has 2 atom stereocenters. The van der Waals surface area contributed by atoms with E-state index < -0.39 is 14.4 Å². The molecule has 120 valence electrons. The molecule has 0 unspecified atom stereocenters. The minimum Gasteiger partial charge on any atom is -0.413 e. The fraction of sp³-hybridized carbons (Fsp3) is 0.875. The van der Waals surface area contributed by atoms with Gasteiger partial charge in [0, 0.05) is 5.92 Å². The normalized spacial score (nSPS) is 16.6. The van der Waals surface area contributed by atoms with Gasteiger partial charge in [0.1, 0.15) is 0 Å². The lowest BCUT2D eigenvalue weighted by Gasteiger charge is -2.43. The van der Waals surface area contributed by atoms with E-state index >= 15 is 0 Å². The van der Waals surface area contributed by atoms with Gasteiger partial charge in [0.05, 0.1) is 19.3 Å². The molecule has 0 aromatic carbocycles.